The maximum absolute atomic E-state index is 11.7. The molecule has 0 aliphatic heterocycles. The van der Waals surface area contributed by atoms with Gasteiger partial charge in [-0.15, -0.1) is 11.3 Å². The molecule has 2 rings (SSSR count). The third-order valence-corrected chi connectivity index (χ3v) is 4.34. The second kappa shape index (κ2) is 5.85. The molecule has 2 unspecified atom stereocenters. The molecule has 1 saturated carbocycles. The average Bonchev–Trinajstić information content (AvgIpc) is 3.10. The number of hydrogen-bond donors (Lipinski definition) is 1. The minimum atomic E-state index is -0.119. The van der Waals surface area contributed by atoms with Crippen molar-refractivity contribution in [1.82, 2.24) is 5.32 Å². The van der Waals surface area contributed by atoms with Gasteiger partial charge in [-0.05, 0) is 51.2 Å². The molecule has 0 amide bonds. The summed E-state index contributed by atoms with van der Waals surface area (Å²) in [6, 6.07) is 4.49. The van der Waals surface area contributed by atoms with Crippen LogP contribution in [0.4, 0.5) is 0 Å². The molecule has 1 fully saturated rings. The summed E-state index contributed by atoms with van der Waals surface area (Å²) in [7, 11) is 1.46. The Morgan fingerprint density at radius 1 is 1.56 bits per heavy atom. The second-order valence-corrected chi connectivity index (χ2v) is 6.49. The van der Waals surface area contributed by atoms with E-state index in [4.69, 9.17) is 4.74 Å². The van der Waals surface area contributed by atoms with E-state index in [1.165, 1.54) is 16.9 Å². The number of rotatable bonds is 6. The smallest absolute Gasteiger partial charge is 0.323 e. The van der Waals surface area contributed by atoms with Crippen LogP contribution in [-0.4, -0.2) is 25.2 Å². The summed E-state index contributed by atoms with van der Waals surface area (Å²) in [5.41, 5.74) is 0. The Morgan fingerprint density at radius 2 is 2.28 bits per heavy atom. The molecule has 3 nitrogen and oxygen atoms in total. The first-order valence-corrected chi connectivity index (χ1v) is 7.31. The van der Waals surface area contributed by atoms with E-state index in [1.54, 1.807) is 0 Å². The minimum Gasteiger partial charge on any atom is -0.468 e. The fraction of sp³-hybridized carbons (Fsp3) is 0.643. The van der Waals surface area contributed by atoms with E-state index in [-0.39, 0.29) is 12.0 Å². The first-order valence-electron chi connectivity index (χ1n) is 6.49. The van der Waals surface area contributed by atoms with Crippen LogP contribution < -0.4 is 5.32 Å². The first kappa shape index (κ1) is 13.6. The van der Waals surface area contributed by atoms with Crippen LogP contribution in [0.15, 0.2) is 12.1 Å². The summed E-state index contributed by atoms with van der Waals surface area (Å²) in [6.45, 7) is 4.25. The zero-order valence-electron chi connectivity index (χ0n) is 11.2. The molecule has 0 radical (unpaired) electrons. The lowest BCUT2D eigenvalue weighted by Gasteiger charge is -2.20. The van der Waals surface area contributed by atoms with E-state index >= 15 is 0 Å². The predicted octanol–water partition coefficient (Wildman–Crippen LogP) is 2.53. The monoisotopic (exact) mass is 267 g/mol. The molecule has 1 heterocycles. The number of hydrogen-bond acceptors (Lipinski definition) is 4. The molecule has 1 N–H and O–H groups in total. The summed E-state index contributed by atoms with van der Waals surface area (Å²) >= 11 is 1.83. The maximum Gasteiger partial charge on any atom is 0.323 e. The quantitative estimate of drug-likeness (QED) is 0.805. The Labute approximate surface area is 113 Å². The molecule has 100 valence electrons. The molecule has 0 saturated heterocycles. The number of nitrogens with one attached hydrogen (secondary N) is 1. The third kappa shape index (κ3) is 3.56. The fourth-order valence-corrected chi connectivity index (χ4v) is 3.23. The van der Waals surface area contributed by atoms with Crippen LogP contribution in [0.1, 0.15) is 29.5 Å². The zero-order chi connectivity index (χ0) is 13.1. The molecular weight excluding hydrogens is 246 g/mol. The van der Waals surface area contributed by atoms with Gasteiger partial charge in [0.1, 0.15) is 6.04 Å². The number of carbonyl (C=O) groups excluding carboxylic acids is 1. The highest BCUT2D eigenvalue weighted by molar-refractivity contribution is 7.11. The van der Waals surface area contributed by atoms with Crippen LogP contribution in [0.25, 0.3) is 0 Å². The van der Waals surface area contributed by atoms with Crippen molar-refractivity contribution in [2.24, 2.45) is 5.92 Å². The number of esters is 1. The van der Waals surface area contributed by atoms with E-state index in [1.807, 2.05) is 11.3 Å². The molecule has 18 heavy (non-hydrogen) atoms. The summed E-state index contributed by atoms with van der Waals surface area (Å²) in [6.07, 6.45) is 3.24. The van der Waals surface area contributed by atoms with Gasteiger partial charge in [-0.3, -0.25) is 4.79 Å². The zero-order valence-corrected chi connectivity index (χ0v) is 12.0. The van der Waals surface area contributed by atoms with Crippen LogP contribution in [-0.2, 0) is 16.0 Å². The standard InChI is InChI=1S/C14H21NO2S/c1-9(8-12-7-4-10(2)18-12)15-13(11-5-6-11)14(16)17-3/h4,7,9,11,13,15H,5-6,8H2,1-3H3. The van der Waals surface area contributed by atoms with E-state index in [9.17, 15) is 4.79 Å². The number of aryl methyl sites for hydroxylation is 1. The summed E-state index contributed by atoms with van der Waals surface area (Å²) in [4.78, 5) is 14.4. The summed E-state index contributed by atoms with van der Waals surface area (Å²) < 4.78 is 4.87. The van der Waals surface area contributed by atoms with Crippen molar-refractivity contribution in [3.63, 3.8) is 0 Å². The molecule has 0 spiro atoms. The summed E-state index contributed by atoms with van der Waals surface area (Å²) in [5, 5.41) is 3.42. The summed E-state index contributed by atoms with van der Waals surface area (Å²) in [5.74, 6) is 0.358. The molecule has 1 aromatic heterocycles. The first-order chi connectivity index (χ1) is 8.60. The van der Waals surface area contributed by atoms with Gasteiger partial charge < -0.3 is 10.1 Å². The normalized spacial score (nSPS) is 18.4. The van der Waals surface area contributed by atoms with Crippen molar-refractivity contribution in [2.75, 3.05) is 7.11 Å². The molecule has 0 bridgehead atoms. The molecular formula is C14H21NO2S. The minimum absolute atomic E-state index is 0.119. The molecule has 1 aliphatic rings. The van der Waals surface area contributed by atoms with E-state index in [2.05, 4.69) is 31.3 Å². The van der Waals surface area contributed by atoms with Gasteiger partial charge in [-0.25, -0.2) is 0 Å². The Bertz CT molecular complexity index is 412. The van der Waals surface area contributed by atoms with Crippen molar-refractivity contribution in [3.05, 3.63) is 21.9 Å². The highest BCUT2D eigenvalue weighted by Crippen LogP contribution is 2.33. The Hall–Kier alpha value is -0.870. The Balaban J connectivity index is 1.88. The highest BCUT2D eigenvalue weighted by atomic mass is 32.1. The Morgan fingerprint density at radius 3 is 2.78 bits per heavy atom. The van der Waals surface area contributed by atoms with Gasteiger partial charge in [-0.1, -0.05) is 0 Å². The molecule has 4 heteroatoms. The van der Waals surface area contributed by atoms with Crippen molar-refractivity contribution in [3.8, 4) is 0 Å². The van der Waals surface area contributed by atoms with Crippen LogP contribution in [0, 0.1) is 12.8 Å². The Kier molecular flexibility index (Phi) is 4.40. The molecule has 1 aliphatic carbocycles. The molecule has 2 atom stereocenters. The van der Waals surface area contributed by atoms with Gasteiger partial charge >= 0.3 is 5.97 Å². The van der Waals surface area contributed by atoms with Crippen molar-refractivity contribution in [2.45, 2.75) is 45.2 Å². The van der Waals surface area contributed by atoms with Crippen molar-refractivity contribution >= 4 is 17.3 Å². The number of carbonyl (C=O) groups is 1. The average molecular weight is 267 g/mol. The van der Waals surface area contributed by atoms with Gasteiger partial charge in [0.2, 0.25) is 0 Å². The van der Waals surface area contributed by atoms with Gasteiger partial charge in [0.05, 0.1) is 7.11 Å². The van der Waals surface area contributed by atoms with Crippen LogP contribution >= 0.6 is 11.3 Å². The number of thiophene rings is 1. The maximum atomic E-state index is 11.7. The lowest BCUT2D eigenvalue weighted by molar-refractivity contribution is -0.143. The largest absolute Gasteiger partial charge is 0.468 e. The third-order valence-electron chi connectivity index (χ3n) is 3.32. The number of ether oxygens (including phenoxy) is 1. The van der Waals surface area contributed by atoms with Crippen molar-refractivity contribution < 1.29 is 9.53 Å². The van der Waals surface area contributed by atoms with Crippen LogP contribution in [0.3, 0.4) is 0 Å². The SMILES string of the molecule is COC(=O)C(NC(C)Cc1ccc(C)s1)C1CC1. The lowest BCUT2D eigenvalue weighted by Crippen LogP contribution is -2.45. The molecule has 0 aromatic carbocycles. The predicted molar refractivity (Wildman–Crippen MR) is 73.9 cm³/mol. The highest BCUT2D eigenvalue weighted by Gasteiger charge is 2.37. The van der Waals surface area contributed by atoms with Gasteiger partial charge in [0.15, 0.2) is 0 Å². The fourth-order valence-electron chi connectivity index (χ4n) is 2.22. The lowest BCUT2D eigenvalue weighted by atomic mass is 10.1. The van der Waals surface area contributed by atoms with Gasteiger partial charge in [-0.2, -0.15) is 0 Å². The topological polar surface area (TPSA) is 38.3 Å². The van der Waals surface area contributed by atoms with Gasteiger partial charge in [0, 0.05) is 15.8 Å². The van der Waals surface area contributed by atoms with Crippen LogP contribution in [0.5, 0.6) is 0 Å². The van der Waals surface area contributed by atoms with E-state index in [0.29, 0.717) is 12.0 Å². The second-order valence-electron chi connectivity index (χ2n) is 5.12. The van der Waals surface area contributed by atoms with Gasteiger partial charge in [0.25, 0.3) is 0 Å². The number of methoxy groups -OCH3 is 1. The molecule has 1 aromatic rings. The van der Waals surface area contributed by atoms with E-state index < -0.39 is 0 Å². The van der Waals surface area contributed by atoms with Crippen molar-refractivity contribution in [1.29, 1.82) is 0 Å². The van der Waals surface area contributed by atoms with E-state index in [0.717, 1.165) is 19.3 Å². The van der Waals surface area contributed by atoms with Crippen LogP contribution in [0.2, 0.25) is 0 Å².